The second kappa shape index (κ2) is 4.96. The fraction of sp³-hybridized carbons (Fsp3) is 0.889. The molecule has 1 aliphatic heterocycles. The monoisotopic (exact) mass is 249 g/mol. The highest BCUT2D eigenvalue weighted by Gasteiger charge is 2.30. The number of carbonyl (C=O) groups is 1. The summed E-state index contributed by atoms with van der Waals surface area (Å²) < 4.78 is 5.33. The molecule has 1 N–H and O–H groups in total. The molecule has 1 heterocycles. The molecular formula is C9H16BrNO2. The molecule has 1 aliphatic rings. The minimum Gasteiger partial charge on any atom is -0.368 e. The molecule has 3 nitrogen and oxygen atoms in total. The second-order valence-electron chi connectivity index (χ2n) is 3.58. The van der Waals surface area contributed by atoms with Crippen LogP contribution in [0.1, 0.15) is 20.3 Å². The van der Waals surface area contributed by atoms with Gasteiger partial charge in [-0.25, -0.2) is 0 Å². The molecule has 0 aliphatic carbocycles. The number of rotatable bonds is 3. The number of carbonyl (C=O) groups excluding carboxylic acids is 1. The molecule has 0 aromatic heterocycles. The quantitative estimate of drug-likeness (QED) is 0.767. The highest BCUT2D eigenvalue weighted by molar-refractivity contribution is 9.09. The molecule has 1 amide bonds. The molecule has 0 aromatic carbocycles. The molecule has 3 unspecified atom stereocenters. The van der Waals surface area contributed by atoms with Gasteiger partial charge in [0.1, 0.15) is 6.10 Å². The molecule has 1 fully saturated rings. The summed E-state index contributed by atoms with van der Waals surface area (Å²) in [5.41, 5.74) is 0. The van der Waals surface area contributed by atoms with Gasteiger partial charge in [0, 0.05) is 18.0 Å². The summed E-state index contributed by atoms with van der Waals surface area (Å²) in [5.74, 6) is 0.377. The first kappa shape index (κ1) is 11.0. The Bertz CT molecular complexity index is 184. The van der Waals surface area contributed by atoms with Crippen LogP contribution >= 0.6 is 15.9 Å². The van der Waals surface area contributed by atoms with Crippen molar-refractivity contribution in [1.82, 2.24) is 5.32 Å². The Hall–Kier alpha value is -0.0900. The van der Waals surface area contributed by atoms with E-state index in [-0.39, 0.29) is 12.0 Å². The van der Waals surface area contributed by atoms with Crippen molar-refractivity contribution in [2.24, 2.45) is 5.92 Å². The first-order valence-electron chi connectivity index (χ1n) is 4.64. The van der Waals surface area contributed by atoms with Crippen molar-refractivity contribution in [3.05, 3.63) is 0 Å². The zero-order valence-corrected chi connectivity index (χ0v) is 9.63. The molecule has 0 spiro atoms. The molecule has 3 atom stereocenters. The molecule has 76 valence electrons. The van der Waals surface area contributed by atoms with Crippen LogP contribution in [-0.2, 0) is 9.53 Å². The molecule has 13 heavy (non-hydrogen) atoms. The number of ether oxygens (including phenoxy) is 1. The normalized spacial score (nSPS) is 30.1. The maximum Gasteiger partial charge on any atom is 0.249 e. The van der Waals surface area contributed by atoms with Crippen LogP contribution in [0.4, 0.5) is 0 Å². The van der Waals surface area contributed by atoms with Crippen LogP contribution in [0.25, 0.3) is 0 Å². The van der Waals surface area contributed by atoms with Gasteiger partial charge in [0.2, 0.25) is 5.91 Å². The lowest BCUT2D eigenvalue weighted by Gasteiger charge is -2.14. The van der Waals surface area contributed by atoms with Gasteiger partial charge in [-0.15, -0.1) is 0 Å². The van der Waals surface area contributed by atoms with Gasteiger partial charge in [0.05, 0.1) is 0 Å². The second-order valence-corrected chi connectivity index (χ2v) is 5.15. The molecule has 1 rings (SSSR count). The Kier molecular flexibility index (Phi) is 4.19. The molecule has 4 heteroatoms. The van der Waals surface area contributed by atoms with Crippen molar-refractivity contribution in [2.45, 2.75) is 31.2 Å². The molecule has 0 radical (unpaired) electrons. The minimum absolute atomic E-state index is 0.0244. The van der Waals surface area contributed by atoms with Crippen LogP contribution in [0.2, 0.25) is 0 Å². The van der Waals surface area contributed by atoms with Gasteiger partial charge in [-0.3, -0.25) is 4.79 Å². The summed E-state index contributed by atoms with van der Waals surface area (Å²) in [7, 11) is 0. The van der Waals surface area contributed by atoms with Crippen molar-refractivity contribution in [1.29, 1.82) is 0 Å². The largest absolute Gasteiger partial charge is 0.368 e. The Morgan fingerprint density at radius 2 is 2.46 bits per heavy atom. The third-order valence-electron chi connectivity index (χ3n) is 2.20. The predicted molar refractivity (Wildman–Crippen MR) is 54.9 cm³/mol. The zero-order valence-electron chi connectivity index (χ0n) is 8.05. The Morgan fingerprint density at radius 1 is 1.77 bits per heavy atom. The summed E-state index contributed by atoms with van der Waals surface area (Å²) >= 11 is 3.37. The first-order valence-corrected chi connectivity index (χ1v) is 5.56. The van der Waals surface area contributed by atoms with Gasteiger partial charge < -0.3 is 10.1 Å². The molecule has 0 bridgehead atoms. The van der Waals surface area contributed by atoms with E-state index in [0.29, 0.717) is 23.9 Å². The lowest BCUT2D eigenvalue weighted by atomic mass is 10.0. The lowest BCUT2D eigenvalue weighted by Crippen LogP contribution is -2.39. The summed E-state index contributed by atoms with van der Waals surface area (Å²) in [4.78, 5) is 11.8. The van der Waals surface area contributed by atoms with E-state index in [0.717, 1.165) is 6.42 Å². The van der Waals surface area contributed by atoms with E-state index < -0.39 is 0 Å². The van der Waals surface area contributed by atoms with E-state index in [1.54, 1.807) is 0 Å². The van der Waals surface area contributed by atoms with Gasteiger partial charge in [-0.1, -0.05) is 29.8 Å². The molecular weight excluding hydrogens is 234 g/mol. The van der Waals surface area contributed by atoms with Gasteiger partial charge >= 0.3 is 0 Å². The summed E-state index contributed by atoms with van der Waals surface area (Å²) in [6, 6.07) is 0. The van der Waals surface area contributed by atoms with E-state index in [1.165, 1.54) is 0 Å². The summed E-state index contributed by atoms with van der Waals surface area (Å²) in [6.45, 7) is 5.42. The Labute approximate surface area is 87.3 Å². The van der Waals surface area contributed by atoms with Crippen LogP contribution in [0.3, 0.4) is 0 Å². The van der Waals surface area contributed by atoms with Crippen LogP contribution in [0.15, 0.2) is 0 Å². The highest BCUT2D eigenvalue weighted by atomic mass is 79.9. The Morgan fingerprint density at radius 3 is 2.92 bits per heavy atom. The maximum absolute atomic E-state index is 11.5. The predicted octanol–water partition coefficient (Wildman–Crippen LogP) is 1.31. The number of amides is 1. The van der Waals surface area contributed by atoms with Crippen molar-refractivity contribution < 1.29 is 9.53 Å². The van der Waals surface area contributed by atoms with E-state index in [2.05, 4.69) is 28.2 Å². The summed E-state index contributed by atoms with van der Waals surface area (Å²) in [5, 5.41) is 2.84. The van der Waals surface area contributed by atoms with Gasteiger partial charge in [0.15, 0.2) is 0 Å². The number of nitrogens with one attached hydrogen (secondary N) is 1. The van der Waals surface area contributed by atoms with Crippen molar-refractivity contribution in [2.75, 3.05) is 13.2 Å². The topological polar surface area (TPSA) is 38.3 Å². The SMILES string of the molecule is CC(Br)CNC(=O)C1OCCC1C. The average Bonchev–Trinajstić information content (AvgIpc) is 2.47. The zero-order chi connectivity index (χ0) is 9.84. The van der Waals surface area contributed by atoms with Gasteiger partial charge in [0.25, 0.3) is 0 Å². The standard InChI is InChI=1S/C9H16BrNO2/c1-6-3-4-13-8(6)9(12)11-5-7(2)10/h6-8H,3-5H2,1-2H3,(H,11,12). The first-order chi connectivity index (χ1) is 6.11. The minimum atomic E-state index is -0.230. The van der Waals surface area contributed by atoms with Crippen LogP contribution in [-0.4, -0.2) is 30.0 Å². The molecule has 1 saturated heterocycles. The van der Waals surface area contributed by atoms with Crippen LogP contribution < -0.4 is 5.32 Å². The molecule has 0 saturated carbocycles. The summed E-state index contributed by atoms with van der Waals surface area (Å²) in [6.07, 6.45) is 0.758. The van der Waals surface area contributed by atoms with E-state index in [4.69, 9.17) is 4.74 Å². The van der Waals surface area contributed by atoms with Crippen molar-refractivity contribution in [3.8, 4) is 0 Å². The molecule has 0 aromatic rings. The van der Waals surface area contributed by atoms with Gasteiger partial charge in [-0.05, 0) is 12.3 Å². The third kappa shape index (κ3) is 3.27. The van der Waals surface area contributed by atoms with Crippen molar-refractivity contribution >= 4 is 21.8 Å². The van der Waals surface area contributed by atoms with Crippen LogP contribution in [0.5, 0.6) is 0 Å². The fourth-order valence-electron chi connectivity index (χ4n) is 1.37. The van der Waals surface area contributed by atoms with Crippen LogP contribution in [0, 0.1) is 5.92 Å². The number of hydrogen-bond donors (Lipinski definition) is 1. The number of halogens is 1. The highest BCUT2D eigenvalue weighted by Crippen LogP contribution is 2.19. The average molecular weight is 250 g/mol. The maximum atomic E-state index is 11.5. The van der Waals surface area contributed by atoms with E-state index in [1.807, 2.05) is 6.92 Å². The number of alkyl halides is 1. The smallest absolute Gasteiger partial charge is 0.249 e. The Balaban J connectivity index is 2.30. The third-order valence-corrected chi connectivity index (χ3v) is 2.53. The fourth-order valence-corrected chi connectivity index (χ4v) is 1.53. The van der Waals surface area contributed by atoms with E-state index in [9.17, 15) is 4.79 Å². The van der Waals surface area contributed by atoms with E-state index >= 15 is 0 Å². The van der Waals surface area contributed by atoms with Crippen molar-refractivity contribution in [3.63, 3.8) is 0 Å². The lowest BCUT2D eigenvalue weighted by molar-refractivity contribution is -0.131. The van der Waals surface area contributed by atoms with Gasteiger partial charge in [-0.2, -0.15) is 0 Å². The number of hydrogen-bond acceptors (Lipinski definition) is 2.